The summed E-state index contributed by atoms with van der Waals surface area (Å²) in [5, 5.41) is 4.12. The number of anilines is 2. The maximum absolute atomic E-state index is 14.7. The number of pyridine rings is 2. The number of halogens is 2. The summed E-state index contributed by atoms with van der Waals surface area (Å²) in [4.78, 5) is 10.8. The summed E-state index contributed by atoms with van der Waals surface area (Å²) in [6.45, 7) is 7.28. The monoisotopic (exact) mass is 351 g/mol. The van der Waals surface area contributed by atoms with Gasteiger partial charge in [0.05, 0.1) is 11.4 Å². The van der Waals surface area contributed by atoms with Crippen molar-refractivity contribution in [3.8, 4) is 5.88 Å². The lowest BCUT2D eigenvalue weighted by Crippen LogP contribution is -2.60. The Hall–Kier alpha value is -1.86. The molecule has 2 unspecified atom stereocenters. The quantitative estimate of drug-likeness (QED) is 0.709. The Kier molecular flexibility index (Phi) is 3.47. The van der Waals surface area contributed by atoms with Crippen molar-refractivity contribution >= 4 is 34.0 Å². The average Bonchev–Trinajstić information content (AvgIpc) is 2.63. The molecule has 6 nitrogen and oxygen atoms in total. The molecule has 2 aliphatic rings. The van der Waals surface area contributed by atoms with Crippen LogP contribution in [0.2, 0.25) is 5.15 Å². The number of nitrogens with two attached hydrogens (primary N) is 1. The molecular weight excluding hydrogens is 333 g/mol. The highest BCUT2D eigenvalue weighted by atomic mass is 35.5. The number of hydrogen-bond donors (Lipinski definition) is 2. The molecule has 2 aromatic rings. The van der Waals surface area contributed by atoms with Gasteiger partial charge < -0.3 is 20.7 Å². The second kappa shape index (κ2) is 5.32. The van der Waals surface area contributed by atoms with Crippen LogP contribution in [-0.4, -0.2) is 41.2 Å². The SMILES string of the molecule is Cc1c(N)nc2c3c(nc(Cl)c(F)c13)O[C@@H](C)C1CNC(C)CN21. The third-order valence-electron chi connectivity index (χ3n) is 4.93. The van der Waals surface area contributed by atoms with Crippen molar-refractivity contribution in [2.75, 3.05) is 23.7 Å². The average molecular weight is 352 g/mol. The van der Waals surface area contributed by atoms with Gasteiger partial charge in [0.15, 0.2) is 11.0 Å². The second-order valence-electron chi connectivity index (χ2n) is 6.57. The molecule has 3 atom stereocenters. The molecular formula is C16H19ClFN5O. The topological polar surface area (TPSA) is 76.3 Å². The van der Waals surface area contributed by atoms with E-state index >= 15 is 0 Å². The Balaban J connectivity index is 2.09. The highest BCUT2D eigenvalue weighted by Crippen LogP contribution is 2.43. The third kappa shape index (κ3) is 2.11. The largest absolute Gasteiger partial charge is 0.472 e. The molecule has 0 saturated carbocycles. The number of hydrogen-bond acceptors (Lipinski definition) is 6. The van der Waals surface area contributed by atoms with Gasteiger partial charge >= 0.3 is 0 Å². The van der Waals surface area contributed by atoms with Crippen molar-refractivity contribution in [3.63, 3.8) is 0 Å². The zero-order chi connectivity index (χ0) is 17.2. The molecule has 0 aliphatic carbocycles. The van der Waals surface area contributed by atoms with Crippen molar-refractivity contribution in [2.45, 2.75) is 39.0 Å². The molecule has 128 valence electrons. The van der Waals surface area contributed by atoms with Crippen LogP contribution in [0.15, 0.2) is 0 Å². The zero-order valence-corrected chi connectivity index (χ0v) is 14.5. The summed E-state index contributed by atoms with van der Waals surface area (Å²) in [6.07, 6.45) is -0.155. The van der Waals surface area contributed by atoms with E-state index in [0.717, 1.165) is 13.1 Å². The van der Waals surface area contributed by atoms with E-state index in [0.29, 0.717) is 33.9 Å². The molecule has 8 heteroatoms. The normalized spacial score (nSPS) is 26.0. The maximum Gasteiger partial charge on any atom is 0.227 e. The highest BCUT2D eigenvalue weighted by Gasteiger charge is 2.38. The molecule has 0 spiro atoms. The summed E-state index contributed by atoms with van der Waals surface area (Å²) in [6, 6.07) is 0.328. The Morgan fingerprint density at radius 3 is 2.83 bits per heavy atom. The van der Waals surface area contributed by atoms with Gasteiger partial charge in [-0.25, -0.2) is 9.37 Å². The van der Waals surface area contributed by atoms with Crippen LogP contribution in [0.25, 0.3) is 10.8 Å². The number of aromatic nitrogens is 2. The van der Waals surface area contributed by atoms with E-state index < -0.39 is 5.82 Å². The highest BCUT2D eigenvalue weighted by molar-refractivity contribution is 6.30. The summed E-state index contributed by atoms with van der Waals surface area (Å²) in [5.74, 6) is 0.649. The van der Waals surface area contributed by atoms with Gasteiger partial charge in [0.1, 0.15) is 17.7 Å². The van der Waals surface area contributed by atoms with Crippen LogP contribution >= 0.6 is 11.6 Å². The first-order valence-electron chi connectivity index (χ1n) is 8.00. The molecule has 3 N–H and O–H groups in total. The lowest BCUT2D eigenvalue weighted by Gasteiger charge is -2.41. The van der Waals surface area contributed by atoms with E-state index in [9.17, 15) is 4.39 Å². The van der Waals surface area contributed by atoms with Crippen LogP contribution in [0.4, 0.5) is 16.0 Å². The fraction of sp³-hybridized carbons (Fsp3) is 0.500. The maximum atomic E-state index is 14.7. The van der Waals surface area contributed by atoms with E-state index in [-0.39, 0.29) is 23.3 Å². The smallest absolute Gasteiger partial charge is 0.227 e. The minimum Gasteiger partial charge on any atom is -0.472 e. The van der Waals surface area contributed by atoms with Gasteiger partial charge in [-0.2, -0.15) is 4.98 Å². The first kappa shape index (κ1) is 15.7. The number of fused-ring (bicyclic) bond motifs is 2. The molecule has 0 aromatic carbocycles. The predicted molar refractivity (Wildman–Crippen MR) is 92.3 cm³/mol. The molecule has 0 radical (unpaired) electrons. The van der Waals surface area contributed by atoms with Gasteiger partial charge in [-0.05, 0) is 20.8 Å². The minimum atomic E-state index is -0.582. The number of nitrogen functional groups attached to an aromatic ring is 1. The Morgan fingerprint density at radius 1 is 1.33 bits per heavy atom. The summed E-state index contributed by atoms with van der Waals surface area (Å²) < 4.78 is 20.8. The van der Waals surface area contributed by atoms with Crippen molar-refractivity contribution in [1.82, 2.24) is 15.3 Å². The fourth-order valence-electron chi connectivity index (χ4n) is 3.59. The summed E-state index contributed by atoms with van der Waals surface area (Å²) in [7, 11) is 0. The molecule has 1 saturated heterocycles. The van der Waals surface area contributed by atoms with E-state index in [1.807, 2.05) is 6.92 Å². The van der Waals surface area contributed by atoms with Crippen LogP contribution in [0.3, 0.4) is 0 Å². The van der Waals surface area contributed by atoms with Gasteiger partial charge in [-0.1, -0.05) is 11.6 Å². The molecule has 0 bridgehead atoms. The number of ether oxygens (including phenoxy) is 1. The molecule has 0 amide bonds. The molecule has 1 fully saturated rings. The number of nitrogens with one attached hydrogen (secondary N) is 1. The predicted octanol–water partition coefficient (Wildman–Crippen LogP) is 2.26. The third-order valence-corrected chi connectivity index (χ3v) is 5.18. The lowest BCUT2D eigenvalue weighted by atomic mass is 10.0. The van der Waals surface area contributed by atoms with Gasteiger partial charge in [0, 0.05) is 30.1 Å². The van der Waals surface area contributed by atoms with Gasteiger partial charge in [-0.15, -0.1) is 0 Å². The summed E-state index contributed by atoms with van der Waals surface area (Å²) >= 11 is 6.00. The van der Waals surface area contributed by atoms with Gasteiger partial charge in [-0.3, -0.25) is 0 Å². The van der Waals surface area contributed by atoms with Crippen molar-refractivity contribution in [1.29, 1.82) is 0 Å². The second-order valence-corrected chi connectivity index (χ2v) is 6.93. The van der Waals surface area contributed by atoms with Crippen LogP contribution in [0.5, 0.6) is 5.88 Å². The van der Waals surface area contributed by atoms with Gasteiger partial charge in [0.2, 0.25) is 5.88 Å². The molecule has 24 heavy (non-hydrogen) atoms. The van der Waals surface area contributed by atoms with Gasteiger partial charge in [0.25, 0.3) is 0 Å². The van der Waals surface area contributed by atoms with Crippen LogP contribution in [0.1, 0.15) is 19.4 Å². The molecule has 4 rings (SSSR count). The van der Waals surface area contributed by atoms with E-state index in [1.165, 1.54) is 0 Å². The lowest BCUT2D eigenvalue weighted by molar-refractivity contribution is 0.169. The van der Waals surface area contributed by atoms with Crippen LogP contribution < -0.4 is 20.7 Å². The van der Waals surface area contributed by atoms with E-state index in [1.54, 1.807) is 6.92 Å². The number of aryl methyl sites for hydroxylation is 1. The number of nitrogens with zero attached hydrogens (tertiary/aromatic N) is 3. The molecule has 2 aliphatic heterocycles. The van der Waals surface area contributed by atoms with Crippen molar-refractivity contribution < 1.29 is 9.13 Å². The Bertz CT molecular complexity index is 837. The Morgan fingerprint density at radius 2 is 2.08 bits per heavy atom. The minimum absolute atomic E-state index is 0.0510. The first-order valence-corrected chi connectivity index (χ1v) is 8.37. The molecule has 4 heterocycles. The number of piperazine rings is 1. The molecule has 2 aromatic heterocycles. The standard InChI is InChI=1S/C16H19ClFN5O/c1-6-5-23-9(4-20-6)8(3)24-16-11-10(12(18)13(17)21-16)7(2)14(19)22-15(11)23/h6,8-9,20H,4-5H2,1-3H3,(H2,19,22)/t6?,8-,9?/m0/s1. The first-order chi connectivity index (χ1) is 11.4. The summed E-state index contributed by atoms with van der Waals surface area (Å²) in [5.41, 5.74) is 6.62. The van der Waals surface area contributed by atoms with Crippen molar-refractivity contribution in [3.05, 3.63) is 16.5 Å². The van der Waals surface area contributed by atoms with E-state index in [4.69, 9.17) is 22.1 Å². The van der Waals surface area contributed by atoms with Crippen molar-refractivity contribution in [2.24, 2.45) is 0 Å². The van der Waals surface area contributed by atoms with Crippen LogP contribution in [-0.2, 0) is 0 Å². The van der Waals surface area contributed by atoms with Crippen LogP contribution in [0, 0.1) is 12.7 Å². The zero-order valence-electron chi connectivity index (χ0n) is 13.7. The number of rotatable bonds is 0. The Labute approximate surface area is 144 Å². The fourth-order valence-corrected chi connectivity index (χ4v) is 3.76. The van der Waals surface area contributed by atoms with E-state index in [2.05, 4.69) is 27.1 Å².